The molecule has 32 heavy (non-hydrogen) atoms. The molecule has 1 aromatic heterocycles. The summed E-state index contributed by atoms with van der Waals surface area (Å²) in [6.45, 7) is 7.69. The van der Waals surface area contributed by atoms with Crippen LogP contribution in [0, 0.1) is 5.92 Å². The van der Waals surface area contributed by atoms with Gasteiger partial charge in [0.1, 0.15) is 12.4 Å². The van der Waals surface area contributed by atoms with Crippen molar-refractivity contribution in [3.63, 3.8) is 0 Å². The molecule has 1 saturated heterocycles. The number of cyclic esters (lactones) is 1. The van der Waals surface area contributed by atoms with Crippen LogP contribution in [0.4, 0.5) is 16.6 Å². The van der Waals surface area contributed by atoms with E-state index >= 15 is 0 Å². The summed E-state index contributed by atoms with van der Waals surface area (Å²) in [6, 6.07) is 9.51. The van der Waals surface area contributed by atoms with Crippen LogP contribution in [0.1, 0.15) is 48.9 Å². The zero-order valence-electron chi connectivity index (χ0n) is 18.7. The van der Waals surface area contributed by atoms with Gasteiger partial charge in [0.15, 0.2) is 0 Å². The molecule has 1 unspecified atom stereocenters. The first-order valence-electron chi connectivity index (χ1n) is 11.8. The number of carbonyl (C=O) groups excluding carboxylic acids is 1. The number of anilines is 2. The van der Waals surface area contributed by atoms with Crippen molar-refractivity contribution >= 4 is 17.9 Å². The van der Waals surface area contributed by atoms with Gasteiger partial charge in [-0.15, -0.1) is 0 Å². The Morgan fingerprint density at radius 2 is 2.00 bits per heavy atom. The van der Waals surface area contributed by atoms with Crippen molar-refractivity contribution in [3.8, 4) is 0 Å². The summed E-state index contributed by atoms with van der Waals surface area (Å²) in [4.78, 5) is 25.1. The molecule has 8 heteroatoms. The molecular formula is C24H32N6O2. The van der Waals surface area contributed by atoms with E-state index in [9.17, 15) is 4.79 Å². The highest BCUT2D eigenvalue weighted by molar-refractivity contribution is 5.89. The molecule has 1 amide bonds. The molecule has 170 valence electrons. The van der Waals surface area contributed by atoms with Crippen LogP contribution in [-0.2, 0) is 17.9 Å². The van der Waals surface area contributed by atoms with E-state index in [1.165, 1.54) is 35.3 Å². The molecular weight excluding hydrogens is 404 g/mol. The second kappa shape index (κ2) is 9.42. The minimum absolute atomic E-state index is 0.224. The third-order valence-corrected chi connectivity index (χ3v) is 6.65. The maximum atomic E-state index is 12.0. The van der Waals surface area contributed by atoms with Crippen molar-refractivity contribution in [3.05, 3.63) is 47.2 Å². The molecule has 2 fully saturated rings. The van der Waals surface area contributed by atoms with Gasteiger partial charge in [0.25, 0.3) is 0 Å². The number of aromatic nitrogens is 2. The fourth-order valence-corrected chi connectivity index (χ4v) is 4.60. The van der Waals surface area contributed by atoms with E-state index in [-0.39, 0.29) is 12.7 Å². The monoisotopic (exact) mass is 436 g/mol. The summed E-state index contributed by atoms with van der Waals surface area (Å²) in [5.74, 6) is 2.06. The maximum Gasteiger partial charge on any atom is 0.415 e. The smallest absolute Gasteiger partial charge is 0.415 e. The van der Waals surface area contributed by atoms with Gasteiger partial charge in [0.2, 0.25) is 5.95 Å². The quantitative estimate of drug-likeness (QED) is 0.657. The molecule has 5 rings (SSSR count). The van der Waals surface area contributed by atoms with Crippen LogP contribution in [0.2, 0.25) is 0 Å². The highest BCUT2D eigenvalue weighted by Gasteiger charge is 2.30. The number of fused-ring (bicyclic) bond motifs is 1. The number of benzene rings is 1. The number of carbonyl (C=O) groups is 1. The van der Waals surface area contributed by atoms with Gasteiger partial charge in [-0.3, -0.25) is 9.80 Å². The molecule has 2 N–H and O–H groups in total. The van der Waals surface area contributed by atoms with Crippen molar-refractivity contribution in [1.29, 1.82) is 0 Å². The predicted octanol–water partition coefficient (Wildman–Crippen LogP) is 3.31. The fraction of sp³-hybridized carbons (Fsp3) is 0.542. The lowest BCUT2D eigenvalue weighted by atomic mass is 9.97. The van der Waals surface area contributed by atoms with Crippen molar-refractivity contribution < 1.29 is 9.53 Å². The standard InChI is InChI=1S/C24H32N6O2/c1-2-30-22-20(16-32-24(30)31)15-27-23(28-22)26-14-18-5-7-19(8-6-18)21(13-17-3-4-17)29-11-9-25-10-12-29/h5-8,15,17,21,25H,2-4,9-14,16H2,1H3,(H,26,27,28). The van der Waals surface area contributed by atoms with Crippen LogP contribution >= 0.6 is 0 Å². The highest BCUT2D eigenvalue weighted by Crippen LogP contribution is 2.40. The molecule has 1 aliphatic carbocycles. The van der Waals surface area contributed by atoms with Gasteiger partial charge in [-0.25, -0.2) is 9.78 Å². The van der Waals surface area contributed by atoms with E-state index < -0.39 is 0 Å². The van der Waals surface area contributed by atoms with Crippen LogP contribution in [-0.4, -0.2) is 53.7 Å². The summed E-state index contributed by atoms with van der Waals surface area (Å²) in [7, 11) is 0. The van der Waals surface area contributed by atoms with E-state index in [1.54, 1.807) is 6.20 Å². The summed E-state index contributed by atoms with van der Waals surface area (Å²) in [6.07, 6.45) is 5.43. The van der Waals surface area contributed by atoms with Gasteiger partial charge in [-0.1, -0.05) is 37.1 Å². The van der Waals surface area contributed by atoms with E-state index in [0.29, 0.717) is 30.9 Å². The highest BCUT2D eigenvalue weighted by atomic mass is 16.6. The van der Waals surface area contributed by atoms with Crippen LogP contribution in [0.3, 0.4) is 0 Å². The zero-order chi connectivity index (χ0) is 21.9. The maximum absolute atomic E-state index is 12.0. The van der Waals surface area contributed by atoms with Crippen molar-refractivity contribution in [2.45, 2.75) is 45.4 Å². The summed E-state index contributed by atoms with van der Waals surface area (Å²) < 4.78 is 5.16. The Morgan fingerprint density at radius 1 is 1.22 bits per heavy atom. The second-order valence-electron chi connectivity index (χ2n) is 8.92. The minimum Gasteiger partial charge on any atom is -0.444 e. The number of hydrogen-bond acceptors (Lipinski definition) is 7. The minimum atomic E-state index is -0.356. The topological polar surface area (TPSA) is 82.6 Å². The molecule has 3 aliphatic rings. The zero-order valence-corrected chi connectivity index (χ0v) is 18.7. The molecule has 0 radical (unpaired) electrons. The summed E-state index contributed by atoms with van der Waals surface area (Å²) in [5.41, 5.74) is 3.44. The summed E-state index contributed by atoms with van der Waals surface area (Å²) in [5, 5.41) is 6.77. The Balaban J connectivity index is 1.25. The first-order chi connectivity index (χ1) is 15.7. The van der Waals surface area contributed by atoms with Crippen LogP contribution in [0.5, 0.6) is 0 Å². The Hall–Kier alpha value is -2.71. The van der Waals surface area contributed by atoms with E-state index in [4.69, 9.17) is 4.74 Å². The fourth-order valence-electron chi connectivity index (χ4n) is 4.60. The van der Waals surface area contributed by atoms with E-state index in [2.05, 4.69) is 49.8 Å². The lowest BCUT2D eigenvalue weighted by Crippen LogP contribution is -2.45. The Labute approximate surface area is 189 Å². The van der Waals surface area contributed by atoms with Crippen molar-refractivity contribution in [1.82, 2.24) is 20.2 Å². The average molecular weight is 437 g/mol. The number of nitrogens with zero attached hydrogens (tertiary/aromatic N) is 4. The molecule has 3 heterocycles. The first kappa shape index (κ1) is 21.2. The van der Waals surface area contributed by atoms with Crippen LogP contribution < -0.4 is 15.5 Å². The number of rotatable bonds is 8. The van der Waals surface area contributed by atoms with Crippen LogP contribution in [0.25, 0.3) is 0 Å². The number of piperazine rings is 1. The summed E-state index contributed by atoms with van der Waals surface area (Å²) >= 11 is 0. The lowest BCUT2D eigenvalue weighted by Gasteiger charge is -2.35. The molecule has 1 aromatic carbocycles. The third kappa shape index (κ3) is 4.71. The predicted molar refractivity (Wildman–Crippen MR) is 124 cm³/mol. The Bertz CT molecular complexity index is 940. The van der Waals surface area contributed by atoms with E-state index in [1.807, 2.05) is 6.92 Å². The van der Waals surface area contributed by atoms with Gasteiger partial charge in [-0.05, 0) is 30.4 Å². The second-order valence-corrected chi connectivity index (χ2v) is 8.92. The normalized spacial score (nSPS) is 19.9. The molecule has 1 atom stereocenters. The molecule has 0 spiro atoms. The van der Waals surface area contributed by atoms with Gasteiger partial charge in [0, 0.05) is 51.5 Å². The Morgan fingerprint density at radius 3 is 2.72 bits per heavy atom. The lowest BCUT2D eigenvalue weighted by molar-refractivity contribution is 0.141. The van der Waals surface area contributed by atoms with Gasteiger partial charge in [0.05, 0.1) is 5.56 Å². The van der Waals surface area contributed by atoms with Crippen molar-refractivity contribution in [2.24, 2.45) is 5.92 Å². The molecule has 2 aliphatic heterocycles. The van der Waals surface area contributed by atoms with Gasteiger partial charge >= 0.3 is 6.09 Å². The average Bonchev–Trinajstić information content (AvgIpc) is 3.66. The number of hydrogen-bond donors (Lipinski definition) is 2. The first-order valence-corrected chi connectivity index (χ1v) is 11.8. The third-order valence-electron chi connectivity index (χ3n) is 6.65. The number of ether oxygens (including phenoxy) is 1. The SMILES string of the molecule is CCN1C(=O)OCc2cnc(NCc3ccc(C(CC4CC4)N4CCNCC4)cc3)nc21. The van der Waals surface area contributed by atoms with Crippen LogP contribution in [0.15, 0.2) is 30.5 Å². The number of nitrogens with one attached hydrogen (secondary N) is 2. The van der Waals surface area contributed by atoms with E-state index in [0.717, 1.165) is 37.7 Å². The molecule has 0 bridgehead atoms. The van der Waals surface area contributed by atoms with Gasteiger partial charge in [-0.2, -0.15) is 4.98 Å². The largest absolute Gasteiger partial charge is 0.444 e. The molecule has 8 nitrogen and oxygen atoms in total. The molecule has 2 aromatic rings. The van der Waals surface area contributed by atoms with Crippen molar-refractivity contribution in [2.75, 3.05) is 42.9 Å². The molecule has 1 saturated carbocycles. The number of amides is 1. The Kier molecular flexibility index (Phi) is 6.23. The van der Waals surface area contributed by atoms with Gasteiger partial charge < -0.3 is 15.4 Å².